The fraction of sp³-hybridized carbons (Fsp3) is 0.143. The number of anilines is 1. The predicted octanol–water partition coefficient (Wildman–Crippen LogP) is 15.5. The lowest BCUT2D eigenvalue weighted by Gasteiger charge is -2.34. The van der Waals surface area contributed by atoms with E-state index in [0.717, 1.165) is 29.9 Å². The maximum atomic E-state index is 3.95. The van der Waals surface area contributed by atoms with Gasteiger partial charge in [-0.1, -0.05) is 183 Å². The zero-order chi connectivity index (χ0) is 40.0. The van der Waals surface area contributed by atoms with Crippen LogP contribution >= 0.6 is 0 Å². The first-order valence-corrected chi connectivity index (χ1v) is 20.1. The van der Waals surface area contributed by atoms with Crippen LogP contribution in [0.15, 0.2) is 230 Å². The molecule has 0 amide bonds. The van der Waals surface area contributed by atoms with E-state index in [2.05, 4.69) is 228 Å². The first kappa shape index (κ1) is 40.2. The molecule has 1 nitrogen and oxygen atoms in total. The standard InChI is InChI=1S/C56H55N/c1-7-10-22-42(4)43(5)33-34-44(6)57(50-35-37-53(55(40-50)47-26-15-13-16-27-47)49-31-21-24-45(39-49)23-11-8-2)51-36-38-54(56(41-51)48-28-17-14-18-29-48)52-32-20-19-30-46(52)25-12-9-3/h7-10,12-22,24-41,54,56H,2-3,11,23H2,1,4-6H3/b10-7-,25-12-,42-22+,43-33+,44-34+. The van der Waals surface area contributed by atoms with Gasteiger partial charge in [-0.25, -0.2) is 0 Å². The summed E-state index contributed by atoms with van der Waals surface area (Å²) >= 11 is 0. The number of allylic oxidation sites excluding steroid dienone is 14. The molecule has 1 heteroatoms. The highest BCUT2D eigenvalue weighted by atomic mass is 15.1. The van der Waals surface area contributed by atoms with E-state index in [4.69, 9.17) is 0 Å². The second kappa shape index (κ2) is 19.9. The third-order valence-electron chi connectivity index (χ3n) is 10.7. The Bertz CT molecular complexity index is 2370. The molecule has 1 aliphatic carbocycles. The Hall–Kier alpha value is -6.44. The van der Waals surface area contributed by atoms with Crippen molar-refractivity contribution in [1.82, 2.24) is 0 Å². The summed E-state index contributed by atoms with van der Waals surface area (Å²) in [5.74, 6) is 0.249. The lowest BCUT2D eigenvalue weighted by atomic mass is 9.76. The van der Waals surface area contributed by atoms with Gasteiger partial charge in [-0.05, 0) is 120 Å². The quantitative estimate of drug-likeness (QED) is 0.0763. The number of hydrogen-bond acceptors (Lipinski definition) is 1. The van der Waals surface area contributed by atoms with Crippen molar-refractivity contribution in [2.45, 2.75) is 52.4 Å². The van der Waals surface area contributed by atoms with Crippen LogP contribution in [0.25, 0.3) is 28.3 Å². The van der Waals surface area contributed by atoms with Crippen LogP contribution in [-0.4, -0.2) is 0 Å². The van der Waals surface area contributed by atoms with Gasteiger partial charge in [-0.3, -0.25) is 0 Å². The highest BCUT2D eigenvalue weighted by Crippen LogP contribution is 2.44. The average Bonchev–Trinajstić information content (AvgIpc) is 3.26. The zero-order valence-corrected chi connectivity index (χ0v) is 34.0. The molecule has 0 spiro atoms. The van der Waals surface area contributed by atoms with Crippen molar-refractivity contribution >= 4 is 11.8 Å². The Morgan fingerprint density at radius 2 is 1.39 bits per heavy atom. The third-order valence-corrected chi connectivity index (χ3v) is 10.7. The van der Waals surface area contributed by atoms with Gasteiger partial charge in [0.2, 0.25) is 0 Å². The van der Waals surface area contributed by atoms with Crippen LogP contribution in [-0.2, 0) is 6.42 Å². The van der Waals surface area contributed by atoms with Gasteiger partial charge in [0.15, 0.2) is 0 Å². The fourth-order valence-corrected chi connectivity index (χ4v) is 7.55. The summed E-state index contributed by atoms with van der Waals surface area (Å²) in [5, 5.41) is 0. The minimum Gasteiger partial charge on any atom is -0.315 e. The molecular weight excluding hydrogens is 687 g/mol. The number of hydrogen-bond donors (Lipinski definition) is 0. The van der Waals surface area contributed by atoms with E-state index in [1.165, 1.54) is 55.7 Å². The van der Waals surface area contributed by atoms with Gasteiger partial charge in [-0.2, -0.15) is 0 Å². The van der Waals surface area contributed by atoms with E-state index >= 15 is 0 Å². The van der Waals surface area contributed by atoms with Gasteiger partial charge >= 0.3 is 0 Å². The Kier molecular flexibility index (Phi) is 14.1. The largest absolute Gasteiger partial charge is 0.315 e. The molecule has 5 aromatic carbocycles. The van der Waals surface area contributed by atoms with Gasteiger partial charge in [0.25, 0.3) is 0 Å². The molecule has 57 heavy (non-hydrogen) atoms. The highest BCUT2D eigenvalue weighted by molar-refractivity contribution is 5.87. The summed E-state index contributed by atoms with van der Waals surface area (Å²) in [7, 11) is 0. The summed E-state index contributed by atoms with van der Waals surface area (Å²) in [4.78, 5) is 2.43. The smallest absolute Gasteiger partial charge is 0.0464 e. The van der Waals surface area contributed by atoms with Crippen molar-refractivity contribution in [3.63, 3.8) is 0 Å². The van der Waals surface area contributed by atoms with Crippen LogP contribution in [0.4, 0.5) is 5.69 Å². The molecule has 2 unspecified atom stereocenters. The normalized spacial score (nSPS) is 16.2. The Morgan fingerprint density at radius 3 is 2.14 bits per heavy atom. The van der Waals surface area contributed by atoms with E-state index in [1.54, 1.807) is 0 Å². The molecule has 0 fully saturated rings. The maximum Gasteiger partial charge on any atom is 0.0464 e. The summed E-state index contributed by atoms with van der Waals surface area (Å²) in [6.07, 6.45) is 28.0. The van der Waals surface area contributed by atoms with Crippen LogP contribution < -0.4 is 4.90 Å². The van der Waals surface area contributed by atoms with Crippen LogP contribution in [0.3, 0.4) is 0 Å². The molecule has 0 aliphatic heterocycles. The monoisotopic (exact) mass is 741 g/mol. The van der Waals surface area contributed by atoms with Crippen LogP contribution in [0.1, 0.15) is 68.2 Å². The van der Waals surface area contributed by atoms with Crippen molar-refractivity contribution in [3.05, 3.63) is 252 Å². The first-order valence-electron chi connectivity index (χ1n) is 20.1. The van der Waals surface area contributed by atoms with E-state index < -0.39 is 0 Å². The molecule has 0 saturated carbocycles. The van der Waals surface area contributed by atoms with Crippen molar-refractivity contribution in [1.29, 1.82) is 0 Å². The molecule has 0 saturated heterocycles. The third kappa shape index (κ3) is 10.1. The van der Waals surface area contributed by atoms with Crippen molar-refractivity contribution < 1.29 is 0 Å². The Labute approximate surface area is 342 Å². The van der Waals surface area contributed by atoms with Crippen molar-refractivity contribution in [2.24, 2.45) is 0 Å². The van der Waals surface area contributed by atoms with Crippen LogP contribution in [0.2, 0.25) is 0 Å². The molecule has 0 aromatic heterocycles. The molecule has 5 aromatic rings. The van der Waals surface area contributed by atoms with E-state index in [0.29, 0.717) is 0 Å². The second-order valence-corrected chi connectivity index (χ2v) is 14.6. The average molecular weight is 742 g/mol. The molecule has 284 valence electrons. The molecule has 0 heterocycles. The minimum atomic E-state index is 0.106. The molecular formula is C56H55N. The molecule has 6 rings (SSSR count). The molecule has 2 atom stereocenters. The molecule has 1 aliphatic rings. The van der Waals surface area contributed by atoms with Crippen LogP contribution in [0.5, 0.6) is 0 Å². The maximum absolute atomic E-state index is 3.95. The van der Waals surface area contributed by atoms with Gasteiger partial charge in [0, 0.05) is 28.9 Å². The summed E-state index contributed by atoms with van der Waals surface area (Å²) in [5.41, 5.74) is 15.8. The van der Waals surface area contributed by atoms with Gasteiger partial charge < -0.3 is 4.90 Å². The van der Waals surface area contributed by atoms with Crippen molar-refractivity contribution in [3.8, 4) is 22.3 Å². The molecule has 0 bridgehead atoms. The number of rotatable bonds is 15. The van der Waals surface area contributed by atoms with E-state index in [1.807, 2.05) is 18.2 Å². The molecule has 0 N–H and O–H groups in total. The zero-order valence-electron chi connectivity index (χ0n) is 34.0. The topological polar surface area (TPSA) is 3.24 Å². The van der Waals surface area contributed by atoms with Crippen molar-refractivity contribution in [2.75, 3.05) is 4.90 Å². The summed E-state index contributed by atoms with van der Waals surface area (Å²) < 4.78 is 0. The lowest BCUT2D eigenvalue weighted by molar-refractivity contribution is 0.718. The van der Waals surface area contributed by atoms with Gasteiger partial charge in [0.1, 0.15) is 0 Å². The first-order chi connectivity index (χ1) is 27.9. The fourth-order valence-electron chi connectivity index (χ4n) is 7.55. The minimum absolute atomic E-state index is 0.106. The Balaban J connectivity index is 1.54. The number of benzene rings is 5. The number of aryl methyl sites for hydroxylation is 1. The van der Waals surface area contributed by atoms with E-state index in [-0.39, 0.29) is 11.8 Å². The van der Waals surface area contributed by atoms with Gasteiger partial charge in [0.05, 0.1) is 0 Å². The number of nitrogens with zero attached hydrogens (tertiary/aromatic N) is 1. The molecule has 0 radical (unpaired) electrons. The lowest BCUT2D eigenvalue weighted by Crippen LogP contribution is -2.23. The van der Waals surface area contributed by atoms with Crippen LogP contribution in [0, 0.1) is 0 Å². The summed E-state index contributed by atoms with van der Waals surface area (Å²) in [6, 6.07) is 46.4. The van der Waals surface area contributed by atoms with Gasteiger partial charge in [-0.15, -0.1) is 6.58 Å². The Morgan fingerprint density at radius 1 is 0.667 bits per heavy atom. The second-order valence-electron chi connectivity index (χ2n) is 14.6. The summed E-state index contributed by atoms with van der Waals surface area (Å²) in [6.45, 7) is 16.5. The highest BCUT2D eigenvalue weighted by Gasteiger charge is 2.28. The SMILES string of the molecule is C=C/C=C\c1ccccc1C1C=CC(N(/C(C)=C/C=C(C)/C(C)=C/C=C\C)c2ccc(-c3cccc(CCC=C)c3)c(-c3ccccc3)c2)=CC1c1ccccc1. The van der Waals surface area contributed by atoms with E-state index in [9.17, 15) is 0 Å². The predicted molar refractivity (Wildman–Crippen MR) is 249 cm³/mol.